The first-order valence-corrected chi connectivity index (χ1v) is 21.9. The van der Waals surface area contributed by atoms with Crippen molar-refractivity contribution in [3.8, 4) is 5.75 Å². The highest BCUT2D eigenvalue weighted by atomic mass is 35.5. The quantitative estimate of drug-likeness (QED) is 0.0346. The van der Waals surface area contributed by atoms with Gasteiger partial charge in [-0.2, -0.15) is 0 Å². The van der Waals surface area contributed by atoms with E-state index in [0.717, 1.165) is 34.3 Å². The first-order chi connectivity index (χ1) is 30.3. The van der Waals surface area contributed by atoms with Crippen LogP contribution in [-0.4, -0.2) is 62.8 Å². The van der Waals surface area contributed by atoms with Crippen LogP contribution in [0.2, 0.25) is 5.02 Å². The Morgan fingerprint density at radius 3 is 2.10 bits per heavy atom. The molecule has 4 aliphatic rings. The van der Waals surface area contributed by atoms with Crippen LogP contribution in [0.25, 0.3) is 11.8 Å². The molecule has 3 aromatic rings. The van der Waals surface area contributed by atoms with Crippen LogP contribution in [-0.2, 0) is 41.8 Å². The Morgan fingerprint density at radius 2 is 1.48 bits per heavy atom. The van der Waals surface area contributed by atoms with Crippen LogP contribution in [0.3, 0.4) is 0 Å². The van der Waals surface area contributed by atoms with Crippen molar-refractivity contribution in [1.29, 1.82) is 0 Å². The van der Waals surface area contributed by atoms with E-state index in [1.54, 1.807) is 51.3 Å². The number of allylic oxidation sites excluding steroid dienone is 1. The molecule has 6 N–H and O–H groups in total. The van der Waals surface area contributed by atoms with E-state index in [1.807, 2.05) is 42.5 Å². The minimum absolute atomic E-state index is 0.0210. The minimum atomic E-state index is -1.03. The Labute approximate surface area is 373 Å². The van der Waals surface area contributed by atoms with Gasteiger partial charge >= 0.3 is 18.1 Å². The van der Waals surface area contributed by atoms with Gasteiger partial charge in [-0.05, 0) is 116 Å². The summed E-state index contributed by atoms with van der Waals surface area (Å²) < 4.78 is 22.7. The topological polar surface area (TPSA) is 196 Å². The summed E-state index contributed by atoms with van der Waals surface area (Å²) in [5, 5.41) is 11.1. The number of hydrogen-bond donors (Lipinski definition) is 5. The molecule has 0 radical (unpaired) electrons. The van der Waals surface area contributed by atoms with E-state index in [0.29, 0.717) is 40.3 Å². The van der Waals surface area contributed by atoms with Crippen molar-refractivity contribution < 1.29 is 42.9 Å². The molecule has 63 heavy (non-hydrogen) atoms. The van der Waals surface area contributed by atoms with Crippen LogP contribution >= 0.6 is 11.6 Å². The van der Waals surface area contributed by atoms with Gasteiger partial charge in [0.2, 0.25) is 11.8 Å². The summed E-state index contributed by atoms with van der Waals surface area (Å²) in [7, 11) is 3.00. The fraction of sp³-hybridized carbons (Fsp3) is 0.438. The van der Waals surface area contributed by atoms with Crippen molar-refractivity contribution in [2.45, 2.75) is 84.1 Å². The summed E-state index contributed by atoms with van der Waals surface area (Å²) in [4.78, 5) is 63.4. The maximum atomic E-state index is 13.7. The van der Waals surface area contributed by atoms with Gasteiger partial charge in [0, 0.05) is 29.4 Å². The third kappa shape index (κ3) is 12.3. The smallest absolute Gasteiger partial charge is 0.408 e. The van der Waals surface area contributed by atoms with Gasteiger partial charge in [0.25, 0.3) is 0 Å². The van der Waals surface area contributed by atoms with Crippen LogP contribution in [0.15, 0.2) is 78.4 Å². The molecular formula is C48H58ClN5O9. The summed E-state index contributed by atoms with van der Waals surface area (Å²) in [5.41, 5.74) is 9.91. The highest BCUT2D eigenvalue weighted by molar-refractivity contribution is 6.34. The van der Waals surface area contributed by atoms with Gasteiger partial charge in [0.1, 0.15) is 36.8 Å². The molecule has 0 aromatic heterocycles. The summed E-state index contributed by atoms with van der Waals surface area (Å²) in [6.45, 7) is 3.84. The molecule has 0 heterocycles. The molecule has 4 saturated carbocycles. The van der Waals surface area contributed by atoms with E-state index >= 15 is 0 Å². The Balaban J connectivity index is 1.14. The molecule has 336 valence electrons. The van der Waals surface area contributed by atoms with E-state index in [4.69, 9.17) is 36.3 Å². The van der Waals surface area contributed by atoms with Crippen molar-refractivity contribution in [2.75, 3.05) is 26.1 Å². The molecule has 0 saturated heterocycles. The van der Waals surface area contributed by atoms with E-state index in [1.165, 1.54) is 50.9 Å². The molecule has 2 unspecified atom stereocenters. The number of halogens is 1. The number of benzene rings is 3. The molecule has 2 atom stereocenters. The second kappa shape index (κ2) is 21.9. The molecule has 7 rings (SSSR count). The lowest BCUT2D eigenvalue weighted by molar-refractivity contribution is -0.134. The fourth-order valence-electron chi connectivity index (χ4n) is 9.24. The second-order valence-corrected chi connectivity index (χ2v) is 17.3. The number of hydrogen-bond acceptors (Lipinski definition) is 9. The van der Waals surface area contributed by atoms with Gasteiger partial charge in [-0.15, -0.1) is 0 Å². The third-order valence-corrected chi connectivity index (χ3v) is 12.5. The largest absolute Gasteiger partial charge is 0.496 e. The van der Waals surface area contributed by atoms with Gasteiger partial charge in [0.05, 0.1) is 19.2 Å². The number of amides is 5. The monoisotopic (exact) mass is 883 g/mol. The predicted octanol–water partition coefficient (Wildman–Crippen LogP) is 7.74. The van der Waals surface area contributed by atoms with Gasteiger partial charge in [-0.3, -0.25) is 9.59 Å². The lowest BCUT2D eigenvalue weighted by Gasteiger charge is -2.51. The first-order valence-electron chi connectivity index (χ1n) is 21.5. The molecule has 3 aromatic carbocycles. The average molecular weight is 884 g/mol. The SMILES string of the molecule is COC(=O)/C=C/c1ccc(C(OC)=C2C3CC4CC(C3)CC2C4)c(Cl)c1OCc1ccc(NC(=O)C(CCCNC(N)=O)NC(=O)C(NC(=O)OCc2ccccc2)C(C)C)cc1. The van der Waals surface area contributed by atoms with Gasteiger partial charge < -0.3 is 45.9 Å². The van der Waals surface area contributed by atoms with Crippen LogP contribution in [0.4, 0.5) is 15.3 Å². The third-order valence-electron chi connectivity index (χ3n) is 12.1. The van der Waals surface area contributed by atoms with E-state index in [-0.39, 0.29) is 32.1 Å². The number of carbonyl (C=O) groups is 5. The van der Waals surface area contributed by atoms with Crippen molar-refractivity contribution >= 4 is 59.0 Å². The van der Waals surface area contributed by atoms with Crippen molar-refractivity contribution in [2.24, 2.45) is 35.3 Å². The number of primary amides is 1. The van der Waals surface area contributed by atoms with E-state index in [2.05, 4.69) is 21.3 Å². The van der Waals surface area contributed by atoms with Crippen LogP contribution < -0.4 is 31.7 Å². The number of nitrogens with two attached hydrogens (primary N) is 1. The maximum absolute atomic E-state index is 13.7. The maximum Gasteiger partial charge on any atom is 0.408 e. The number of nitrogens with one attached hydrogen (secondary N) is 4. The standard InChI is InChI=1S/C48H58ClN5O9/c1-28(2)42(54-48(59)63-27-29-9-6-5-7-10-29)46(57)53-38(11-8-20-51-47(50)58)45(56)52-36-16-12-30(13-17-36)26-62-43-33(15-19-39(55)60-3)14-18-37(41(43)49)44(61-4)40-34-22-31-21-32(24-34)25-35(40)23-31/h5-7,9-10,12-19,28,31-32,34-35,38,42H,8,11,20-27H2,1-4H3,(H,52,56)(H,53,57)(H,54,59)(H3,50,51,58)/b19-15+,44-40?. The van der Waals surface area contributed by atoms with E-state index < -0.39 is 42.0 Å². The normalized spacial score (nSPS) is 19.5. The lowest BCUT2D eigenvalue weighted by Crippen LogP contribution is -2.54. The molecule has 4 bridgehead atoms. The average Bonchev–Trinajstić information content (AvgIpc) is 3.26. The molecular weight excluding hydrogens is 826 g/mol. The number of ether oxygens (including phenoxy) is 4. The molecule has 5 amide bonds. The molecule has 4 aliphatic carbocycles. The minimum Gasteiger partial charge on any atom is -0.496 e. The molecule has 15 heteroatoms. The highest BCUT2D eigenvalue weighted by Gasteiger charge is 2.47. The van der Waals surface area contributed by atoms with E-state index in [9.17, 15) is 24.0 Å². The summed E-state index contributed by atoms with van der Waals surface area (Å²) in [6.07, 6.45) is 8.68. The Hall–Kier alpha value is -6.02. The second-order valence-electron chi connectivity index (χ2n) is 16.9. The van der Waals surface area contributed by atoms with Crippen LogP contribution in [0.1, 0.15) is 81.0 Å². The highest BCUT2D eigenvalue weighted by Crippen LogP contribution is 2.58. The Kier molecular flexibility index (Phi) is 16.1. The van der Waals surface area contributed by atoms with Crippen LogP contribution in [0, 0.1) is 29.6 Å². The zero-order valence-electron chi connectivity index (χ0n) is 36.2. The number of methoxy groups -OCH3 is 2. The number of anilines is 1. The Morgan fingerprint density at radius 1 is 0.810 bits per heavy atom. The van der Waals surface area contributed by atoms with Crippen LogP contribution in [0.5, 0.6) is 5.75 Å². The van der Waals surface area contributed by atoms with Gasteiger partial charge in [0.15, 0.2) is 0 Å². The predicted molar refractivity (Wildman–Crippen MR) is 240 cm³/mol. The lowest BCUT2D eigenvalue weighted by atomic mass is 9.54. The van der Waals surface area contributed by atoms with Crippen molar-refractivity contribution in [3.63, 3.8) is 0 Å². The summed E-state index contributed by atoms with van der Waals surface area (Å²) in [6, 6.07) is 17.2. The fourth-order valence-corrected chi connectivity index (χ4v) is 9.55. The molecule has 14 nitrogen and oxygen atoms in total. The van der Waals surface area contributed by atoms with Gasteiger partial charge in [-0.25, -0.2) is 14.4 Å². The zero-order chi connectivity index (χ0) is 45.0. The van der Waals surface area contributed by atoms with Crippen molar-refractivity contribution in [3.05, 3.63) is 106 Å². The Bertz CT molecular complexity index is 2150. The number of rotatable bonds is 19. The molecule has 4 fully saturated rings. The summed E-state index contributed by atoms with van der Waals surface area (Å²) >= 11 is 7.20. The van der Waals surface area contributed by atoms with Gasteiger partial charge in [-0.1, -0.05) is 74.0 Å². The first kappa shape index (κ1) is 46.5. The molecule has 0 spiro atoms. The number of urea groups is 1. The molecule has 0 aliphatic heterocycles. The number of esters is 1. The number of carbonyl (C=O) groups excluding carboxylic acids is 5. The summed E-state index contributed by atoms with van der Waals surface area (Å²) in [5.74, 6) is 1.76. The van der Waals surface area contributed by atoms with Crippen molar-refractivity contribution in [1.82, 2.24) is 16.0 Å². The number of alkyl carbamates (subject to hydrolysis) is 1. The zero-order valence-corrected chi connectivity index (χ0v) is 37.0.